The lowest BCUT2D eigenvalue weighted by atomic mass is 9.81. The quantitative estimate of drug-likeness (QED) is 0.438. The van der Waals surface area contributed by atoms with E-state index in [1.165, 1.54) is 27.8 Å². The molecule has 0 aliphatic carbocycles. The van der Waals surface area contributed by atoms with Gasteiger partial charge in [-0.05, 0) is 63.8 Å². The zero-order chi connectivity index (χ0) is 20.0. The van der Waals surface area contributed by atoms with E-state index in [1.807, 2.05) is 0 Å². The molecule has 0 atom stereocenters. The Morgan fingerprint density at radius 3 is 1.85 bits per heavy atom. The third kappa shape index (κ3) is 6.45. The van der Waals surface area contributed by atoms with Crippen molar-refractivity contribution in [1.29, 1.82) is 0 Å². The number of allylic oxidation sites excluding steroid dienone is 3. The Kier molecular flexibility index (Phi) is 8.87. The summed E-state index contributed by atoms with van der Waals surface area (Å²) in [5.41, 5.74) is 7.44. The van der Waals surface area contributed by atoms with Crippen LogP contribution < -0.4 is 0 Å². The predicted octanol–water partition coefficient (Wildman–Crippen LogP) is 8.69. The van der Waals surface area contributed by atoms with Crippen molar-refractivity contribution in [2.75, 3.05) is 0 Å². The summed E-state index contributed by atoms with van der Waals surface area (Å²) in [6.45, 7) is 23.1. The van der Waals surface area contributed by atoms with Crippen LogP contribution in [0, 0.1) is 17.8 Å². The van der Waals surface area contributed by atoms with Crippen LogP contribution in [0.4, 0.5) is 0 Å². The van der Waals surface area contributed by atoms with Gasteiger partial charge in [-0.2, -0.15) is 0 Å². The minimum absolute atomic E-state index is 0.526. The molecular weight excluding hydrogens is 312 g/mol. The second-order valence-electron chi connectivity index (χ2n) is 9.48. The Morgan fingerprint density at radius 1 is 0.808 bits per heavy atom. The van der Waals surface area contributed by atoms with Crippen molar-refractivity contribution in [3.05, 3.63) is 46.5 Å². The van der Waals surface area contributed by atoms with Crippen molar-refractivity contribution in [2.24, 2.45) is 17.8 Å². The van der Waals surface area contributed by atoms with Crippen LogP contribution in [0.3, 0.4) is 0 Å². The van der Waals surface area contributed by atoms with Gasteiger partial charge in [0.25, 0.3) is 0 Å². The van der Waals surface area contributed by atoms with Crippen LogP contribution in [-0.4, -0.2) is 0 Å². The van der Waals surface area contributed by atoms with Crippen molar-refractivity contribution in [3.8, 4) is 0 Å². The lowest BCUT2D eigenvalue weighted by Gasteiger charge is -2.24. The molecular formula is C26H42. The maximum absolute atomic E-state index is 2.47. The summed E-state index contributed by atoms with van der Waals surface area (Å²) in [5.74, 6) is 2.87. The molecule has 26 heavy (non-hydrogen) atoms. The van der Waals surface area contributed by atoms with Crippen LogP contribution in [0.25, 0.3) is 11.6 Å². The summed E-state index contributed by atoms with van der Waals surface area (Å²) >= 11 is 0. The molecule has 0 bridgehead atoms. The first kappa shape index (κ1) is 22.7. The first-order chi connectivity index (χ1) is 12.0. The molecule has 1 aromatic rings. The molecule has 0 nitrogen and oxygen atoms in total. The van der Waals surface area contributed by atoms with Crippen molar-refractivity contribution in [2.45, 2.75) is 87.5 Å². The van der Waals surface area contributed by atoms with Crippen LogP contribution in [0.15, 0.2) is 24.3 Å². The van der Waals surface area contributed by atoms with Gasteiger partial charge in [-0.15, -0.1) is 0 Å². The van der Waals surface area contributed by atoms with E-state index in [0.29, 0.717) is 29.6 Å². The highest BCUT2D eigenvalue weighted by molar-refractivity contribution is 5.77. The molecule has 0 aliphatic heterocycles. The second-order valence-corrected chi connectivity index (χ2v) is 9.48. The van der Waals surface area contributed by atoms with Gasteiger partial charge < -0.3 is 0 Å². The fraction of sp³-hybridized carbons (Fsp3) is 0.615. The average molecular weight is 355 g/mol. The van der Waals surface area contributed by atoms with E-state index in [9.17, 15) is 0 Å². The molecule has 0 amide bonds. The minimum Gasteiger partial charge on any atom is -0.0813 e. The molecule has 0 aromatic heterocycles. The zero-order valence-electron chi connectivity index (χ0n) is 19.0. The largest absolute Gasteiger partial charge is 0.0813 e. The molecule has 0 N–H and O–H groups in total. The van der Waals surface area contributed by atoms with Gasteiger partial charge in [0.2, 0.25) is 0 Å². The number of benzene rings is 1. The van der Waals surface area contributed by atoms with Gasteiger partial charge in [-0.25, -0.2) is 0 Å². The highest BCUT2D eigenvalue weighted by Gasteiger charge is 2.19. The Morgan fingerprint density at radius 2 is 1.42 bits per heavy atom. The van der Waals surface area contributed by atoms with E-state index in [-0.39, 0.29) is 0 Å². The van der Waals surface area contributed by atoms with Gasteiger partial charge in [-0.3, -0.25) is 0 Å². The van der Waals surface area contributed by atoms with E-state index in [2.05, 4.69) is 99.6 Å². The minimum atomic E-state index is 0.526. The fourth-order valence-corrected chi connectivity index (χ4v) is 3.66. The summed E-state index contributed by atoms with van der Waals surface area (Å²) in [5, 5.41) is 0. The molecule has 0 unspecified atom stereocenters. The maximum Gasteiger partial charge on any atom is -0.0147 e. The Bertz CT molecular complexity index is 622. The topological polar surface area (TPSA) is 0 Å². The van der Waals surface area contributed by atoms with Gasteiger partial charge in [0, 0.05) is 0 Å². The van der Waals surface area contributed by atoms with Crippen LogP contribution in [0.5, 0.6) is 0 Å². The molecule has 0 heterocycles. The molecule has 0 heteroatoms. The van der Waals surface area contributed by atoms with Crippen LogP contribution in [0.2, 0.25) is 0 Å². The van der Waals surface area contributed by atoms with Gasteiger partial charge >= 0.3 is 0 Å². The van der Waals surface area contributed by atoms with Crippen molar-refractivity contribution < 1.29 is 0 Å². The fourth-order valence-electron chi connectivity index (χ4n) is 3.66. The average Bonchev–Trinajstić information content (AvgIpc) is 2.49. The molecule has 0 saturated carbocycles. The zero-order valence-corrected chi connectivity index (χ0v) is 19.0. The van der Waals surface area contributed by atoms with Crippen molar-refractivity contribution in [1.82, 2.24) is 0 Å². The highest BCUT2D eigenvalue weighted by Crippen LogP contribution is 2.37. The summed E-state index contributed by atoms with van der Waals surface area (Å²) in [4.78, 5) is 0. The highest BCUT2D eigenvalue weighted by atomic mass is 14.2. The lowest BCUT2D eigenvalue weighted by molar-refractivity contribution is 0.669. The molecule has 0 radical (unpaired) electrons. The smallest absolute Gasteiger partial charge is 0.0147 e. The lowest BCUT2D eigenvalue weighted by Crippen LogP contribution is -2.06. The predicted molar refractivity (Wildman–Crippen MR) is 121 cm³/mol. The summed E-state index contributed by atoms with van der Waals surface area (Å²) in [6.07, 6.45) is 8.37. The molecule has 146 valence electrons. The standard InChI is InChI=1S/C26H42/c1-17(2)11-12-25-24(22(15-18(3)4)16-19(5)6)14-13-23(20(7)8)26(25)21(9)10/h11-15,17-21H,16H2,1-10H3/b12-11?,22-15+. The Labute approximate surface area is 163 Å². The third-order valence-electron chi connectivity index (χ3n) is 4.68. The summed E-state index contributed by atoms with van der Waals surface area (Å²) in [7, 11) is 0. The number of hydrogen-bond acceptors (Lipinski definition) is 0. The third-order valence-corrected chi connectivity index (χ3v) is 4.68. The SMILES string of the molecule is CC(C)C=Cc1c(/C(=C/C(C)C)CC(C)C)ccc(C(C)C)c1C(C)C. The molecule has 0 saturated heterocycles. The first-order valence-corrected chi connectivity index (χ1v) is 10.6. The molecule has 0 spiro atoms. The van der Waals surface area contributed by atoms with Gasteiger partial charge in [-0.1, -0.05) is 99.6 Å². The molecule has 0 aliphatic rings. The van der Waals surface area contributed by atoms with Crippen molar-refractivity contribution in [3.63, 3.8) is 0 Å². The van der Waals surface area contributed by atoms with Crippen molar-refractivity contribution >= 4 is 11.6 Å². The maximum atomic E-state index is 2.47. The van der Waals surface area contributed by atoms with Crippen LogP contribution in [-0.2, 0) is 0 Å². The van der Waals surface area contributed by atoms with Gasteiger partial charge in [0.15, 0.2) is 0 Å². The van der Waals surface area contributed by atoms with Gasteiger partial charge in [0.05, 0.1) is 0 Å². The Hall–Kier alpha value is -1.30. The van der Waals surface area contributed by atoms with E-state index in [1.54, 1.807) is 0 Å². The monoisotopic (exact) mass is 354 g/mol. The van der Waals surface area contributed by atoms with E-state index in [4.69, 9.17) is 0 Å². The second kappa shape index (κ2) is 10.1. The van der Waals surface area contributed by atoms with Crippen LogP contribution >= 0.6 is 0 Å². The van der Waals surface area contributed by atoms with E-state index in [0.717, 1.165) is 6.42 Å². The number of rotatable bonds is 8. The molecule has 1 aromatic carbocycles. The normalized spacial score (nSPS) is 13.4. The molecule has 0 fully saturated rings. The van der Waals surface area contributed by atoms with E-state index >= 15 is 0 Å². The van der Waals surface area contributed by atoms with E-state index < -0.39 is 0 Å². The summed E-state index contributed by atoms with van der Waals surface area (Å²) in [6, 6.07) is 4.77. The summed E-state index contributed by atoms with van der Waals surface area (Å²) < 4.78 is 0. The number of hydrogen-bond donors (Lipinski definition) is 0. The van der Waals surface area contributed by atoms with Crippen LogP contribution in [0.1, 0.15) is 110 Å². The Balaban J connectivity index is 3.76. The first-order valence-electron chi connectivity index (χ1n) is 10.6. The molecule has 1 rings (SSSR count). The van der Waals surface area contributed by atoms with Gasteiger partial charge in [0.1, 0.15) is 0 Å².